The van der Waals surface area contributed by atoms with Crippen molar-refractivity contribution in [3.8, 4) is 10.6 Å². The van der Waals surface area contributed by atoms with Gasteiger partial charge >= 0.3 is 0 Å². The van der Waals surface area contributed by atoms with Crippen LogP contribution >= 0.6 is 38.9 Å². The number of nitrogens with zero attached hydrogens (tertiary/aromatic N) is 1. The van der Waals surface area contributed by atoms with E-state index in [0.29, 0.717) is 11.4 Å². The molecule has 16 heavy (non-hydrogen) atoms. The van der Waals surface area contributed by atoms with Crippen molar-refractivity contribution in [1.29, 1.82) is 0 Å². The van der Waals surface area contributed by atoms with Gasteiger partial charge in [-0.3, -0.25) is 0 Å². The Morgan fingerprint density at radius 3 is 2.94 bits per heavy atom. The van der Waals surface area contributed by atoms with Crippen molar-refractivity contribution in [2.75, 3.05) is 6.61 Å². The summed E-state index contributed by atoms with van der Waals surface area (Å²) in [5.74, 6) is 0. The molecule has 1 N–H and O–H groups in total. The Morgan fingerprint density at radius 2 is 2.25 bits per heavy atom. The molecule has 0 saturated heterocycles. The molecule has 0 amide bonds. The van der Waals surface area contributed by atoms with Crippen molar-refractivity contribution in [3.05, 3.63) is 38.8 Å². The number of halogens is 2. The van der Waals surface area contributed by atoms with Gasteiger partial charge in [0.15, 0.2) is 0 Å². The van der Waals surface area contributed by atoms with Crippen LogP contribution in [0, 0.1) is 0 Å². The minimum Gasteiger partial charge on any atom is -0.396 e. The monoisotopic (exact) mass is 317 g/mol. The molecule has 0 aliphatic heterocycles. The van der Waals surface area contributed by atoms with Gasteiger partial charge < -0.3 is 5.11 Å². The molecular weight excluding hydrogens is 310 g/mol. The molecule has 0 radical (unpaired) electrons. The Hall–Kier alpha value is -0.420. The zero-order valence-electron chi connectivity index (χ0n) is 8.28. The molecule has 0 fully saturated rings. The quantitative estimate of drug-likeness (QED) is 0.934. The number of benzene rings is 1. The Labute approximate surface area is 111 Å². The third kappa shape index (κ3) is 2.63. The summed E-state index contributed by atoms with van der Waals surface area (Å²) in [5, 5.41) is 10.5. The molecule has 2 nitrogen and oxygen atoms in total. The van der Waals surface area contributed by atoms with E-state index in [-0.39, 0.29) is 6.61 Å². The lowest BCUT2D eigenvalue weighted by molar-refractivity contribution is 0.300. The van der Waals surface area contributed by atoms with Crippen LogP contribution in [-0.2, 0) is 6.42 Å². The van der Waals surface area contributed by atoms with Crippen molar-refractivity contribution in [1.82, 2.24) is 4.98 Å². The highest BCUT2D eigenvalue weighted by molar-refractivity contribution is 9.10. The fourth-order valence-corrected chi connectivity index (χ4v) is 3.20. The SMILES string of the molecule is OCCc1sc(-c2cccc(Cl)c2)nc1Br. The minimum atomic E-state index is 0.135. The van der Waals surface area contributed by atoms with Crippen LogP contribution in [0.1, 0.15) is 4.88 Å². The van der Waals surface area contributed by atoms with Gasteiger partial charge in [-0.1, -0.05) is 23.7 Å². The van der Waals surface area contributed by atoms with Gasteiger partial charge in [0.25, 0.3) is 0 Å². The molecule has 0 spiro atoms. The second-order valence-electron chi connectivity index (χ2n) is 3.22. The molecule has 0 unspecified atom stereocenters. The summed E-state index contributed by atoms with van der Waals surface area (Å²) >= 11 is 10.9. The summed E-state index contributed by atoms with van der Waals surface area (Å²) in [7, 11) is 0. The predicted octanol–water partition coefficient (Wildman–Crippen LogP) is 3.76. The Morgan fingerprint density at radius 1 is 1.44 bits per heavy atom. The highest BCUT2D eigenvalue weighted by Crippen LogP contribution is 2.32. The highest BCUT2D eigenvalue weighted by atomic mass is 79.9. The van der Waals surface area contributed by atoms with E-state index in [4.69, 9.17) is 16.7 Å². The van der Waals surface area contributed by atoms with Gasteiger partial charge in [-0.05, 0) is 28.1 Å². The molecule has 0 aliphatic carbocycles. The molecule has 0 atom stereocenters. The number of aliphatic hydroxyl groups is 1. The maximum absolute atomic E-state index is 8.91. The molecule has 2 rings (SSSR count). The van der Waals surface area contributed by atoms with Gasteiger partial charge in [-0.15, -0.1) is 11.3 Å². The first-order valence-electron chi connectivity index (χ1n) is 4.72. The highest BCUT2D eigenvalue weighted by Gasteiger charge is 2.10. The van der Waals surface area contributed by atoms with Crippen LogP contribution in [0.3, 0.4) is 0 Å². The lowest BCUT2D eigenvalue weighted by Gasteiger charge is -1.95. The van der Waals surface area contributed by atoms with Crippen molar-refractivity contribution in [2.24, 2.45) is 0 Å². The third-order valence-electron chi connectivity index (χ3n) is 2.06. The summed E-state index contributed by atoms with van der Waals surface area (Å²) in [6, 6.07) is 7.59. The third-order valence-corrected chi connectivity index (χ3v) is 4.38. The number of hydrogen-bond acceptors (Lipinski definition) is 3. The van der Waals surface area contributed by atoms with Gasteiger partial charge in [-0.2, -0.15) is 0 Å². The molecule has 1 aromatic carbocycles. The first-order chi connectivity index (χ1) is 7.70. The van der Waals surface area contributed by atoms with Gasteiger partial charge in [0, 0.05) is 28.5 Å². The normalized spacial score (nSPS) is 10.7. The zero-order valence-corrected chi connectivity index (χ0v) is 11.4. The largest absolute Gasteiger partial charge is 0.396 e. The summed E-state index contributed by atoms with van der Waals surface area (Å²) in [5.41, 5.74) is 1.00. The minimum absolute atomic E-state index is 0.135. The Balaban J connectivity index is 2.37. The molecule has 2 aromatic rings. The number of aliphatic hydroxyl groups excluding tert-OH is 1. The van der Waals surface area contributed by atoms with Crippen LogP contribution < -0.4 is 0 Å². The smallest absolute Gasteiger partial charge is 0.124 e. The molecule has 0 aliphatic rings. The van der Waals surface area contributed by atoms with E-state index < -0.39 is 0 Å². The van der Waals surface area contributed by atoms with E-state index in [1.165, 1.54) is 0 Å². The topological polar surface area (TPSA) is 33.1 Å². The van der Waals surface area contributed by atoms with Crippen molar-refractivity contribution < 1.29 is 5.11 Å². The standard InChI is InChI=1S/C11H9BrClNOS/c12-10-9(4-5-15)16-11(14-10)7-2-1-3-8(13)6-7/h1-3,6,15H,4-5H2. The lowest BCUT2D eigenvalue weighted by atomic mass is 10.2. The first-order valence-corrected chi connectivity index (χ1v) is 6.71. The summed E-state index contributed by atoms with van der Waals surface area (Å²) in [6.45, 7) is 0.135. The lowest BCUT2D eigenvalue weighted by Crippen LogP contribution is -1.86. The molecule has 0 bridgehead atoms. The summed E-state index contributed by atoms with van der Waals surface area (Å²) in [6.07, 6.45) is 0.624. The van der Waals surface area contributed by atoms with Crippen LogP contribution in [-0.4, -0.2) is 16.7 Å². The van der Waals surface area contributed by atoms with Crippen LogP contribution in [0.25, 0.3) is 10.6 Å². The number of thiazole rings is 1. The molecule has 84 valence electrons. The molecule has 0 saturated carbocycles. The van der Waals surface area contributed by atoms with E-state index in [1.807, 2.05) is 24.3 Å². The number of rotatable bonds is 3. The maximum Gasteiger partial charge on any atom is 0.124 e. The average molecular weight is 319 g/mol. The van der Waals surface area contributed by atoms with E-state index in [9.17, 15) is 0 Å². The van der Waals surface area contributed by atoms with Gasteiger partial charge in [0.2, 0.25) is 0 Å². The Bertz CT molecular complexity index is 500. The molecule has 1 heterocycles. The number of aromatic nitrogens is 1. The average Bonchev–Trinajstić information content (AvgIpc) is 2.61. The fraction of sp³-hybridized carbons (Fsp3) is 0.182. The van der Waals surface area contributed by atoms with Crippen LogP contribution in [0.15, 0.2) is 28.9 Å². The summed E-state index contributed by atoms with van der Waals surface area (Å²) in [4.78, 5) is 5.46. The van der Waals surface area contributed by atoms with Gasteiger partial charge in [0.1, 0.15) is 9.61 Å². The second-order valence-corrected chi connectivity index (χ2v) is 5.49. The van der Waals surface area contributed by atoms with Crippen LogP contribution in [0.5, 0.6) is 0 Å². The van der Waals surface area contributed by atoms with Gasteiger partial charge in [0.05, 0.1) is 0 Å². The molecule has 5 heteroatoms. The van der Waals surface area contributed by atoms with Crippen LogP contribution in [0.4, 0.5) is 0 Å². The van der Waals surface area contributed by atoms with Gasteiger partial charge in [-0.25, -0.2) is 4.98 Å². The number of hydrogen-bond donors (Lipinski definition) is 1. The maximum atomic E-state index is 8.91. The van der Waals surface area contributed by atoms with E-state index in [1.54, 1.807) is 11.3 Å². The van der Waals surface area contributed by atoms with Crippen molar-refractivity contribution >= 4 is 38.9 Å². The Kier molecular flexibility index (Phi) is 3.97. The van der Waals surface area contributed by atoms with Crippen molar-refractivity contribution in [2.45, 2.75) is 6.42 Å². The predicted molar refractivity (Wildman–Crippen MR) is 71.0 cm³/mol. The summed E-state index contributed by atoms with van der Waals surface area (Å²) < 4.78 is 0.807. The molecular formula is C11H9BrClNOS. The van der Waals surface area contributed by atoms with Crippen molar-refractivity contribution in [3.63, 3.8) is 0 Å². The fourth-order valence-electron chi connectivity index (χ4n) is 1.33. The zero-order chi connectivity index (χ0) is 11.5. The van der Waals surface area contributed by atoms with E-state index >= 15 is 0 Å². The second kappa shape index (κ2) is 5.27. The molecule has 1 aromatic heterocycles. The van der Waals surface area contributed by atoms with E-state index in [0.717, 1.165) is 20.1 Å². The first kappa shape index (κ1) is 12.0. The van der Waals surface area contributed by atoms with E-state index in [2.05, 4.69) is 20.9 Å². The van der Waals surface area contributed by atoms with Crippen LogP contribution in [0.2, 0.25) is 5.02 Å².